The number of imidazole rings is 1. The molecule has 0 aliphatic rings. The summed E-state index contributed by atoms with van der Waals surface area (Å²) in [7, 11) is 2.06. The molecule has 0 spiro atoms. The van der Waals surface area contributed by atoms with Gasteiger partial charge in [-0.15, -0.1) is 0 Å². The maximum atomic E-state index is 4.43. The fraction of sp³-hybridized carbons (Fsp3) is 0.438. The van der Waals surface area contributed by atoms with Crippen LogP contribution in [0.5, 0.6) is 0 Å². The summed E-state index contributed by atoms with van der Waals surface area (Å²) in [5.74, 6) is 1.16. The number of alkyl halides is 1. The fourth-order valence-electron chi connectivity index (χ4n) is 2.54. The summed E-state index contributed by atoms with van der Waals surface area (Å²) in [6.45, 7) is 2.27. The van der Waals surface area contributed by atoms with E-state index in [9.17, 15) is 0 Å². The maximum absolute atomic E-state index is 4.43. The molecule has 0 fully saturated rings. The summed E-state index contributed by atoms with van der Waals surface area (Å²) < 4.78 is 2.11. The highest BCUT2D eigenvalue weighted by Gasteiger charge is 2.29. The Morgan fingerprint density at radius 1 is 1.26 bits per heavy atom. The summed E-state index contributed by atoms with van der Waals surface area (Å²) in [5, 5.41) is 0.991. The molecule has 1 heterocycles. The fourth-order valence-corrected chi connectivity index (χ4v) is 3.54. The van der Waals surface area contributed by atoms with Crippen molar-refractivity contribution in [2.75, 3.05) is 5.33 Å². The van der Waals surface area contributed by atoms with Crippen molar-refractivity contribution >= 4 is 15.9 Å². The van der Waals surface area contributed by atoms with Crippen molar-refractivity contribution in [3.05, 3.63) is 54.1 Å². The van der Waals surface area contributed by atoms with E-state index >= 15 is 0 Å². The molecule has 0 aliphatic heterocycles. The van der Waals surface area contributed by atoms with Gasteiger partial charge in [-0.3, -0.25) is 0 Å². The Hall–Kier alpha value is -1.09. The molecule has 0 saturated carbocycles. The lowest BCUT2D eigenvalue weighted by Crippen LogP contribution is -2.28. The second-order valence-corrected chi connectivity index (χ2v) is 5.65. The Morgan fingerprint density at radius 3 is 2.53 bits per heavy atom. The van der Waals surface area contributed by atoms with Crippen LogP contribution in [0, 0.1) is 0 Å². The van der Waals surface area contributed by atoms with Crippen molar-refractivity contribution in [1.82, 2.24) is 9.55 Å². The SMILES string of the molecule is CCC(CBr)(CCc1nccn1C)c1ccccc1. The zero-order chi connectivity index (χ0) is 13.7. The van der Waals surface area contributed by atoms with Gasteiger partial charge in [0.05, 0.1) is 0 Å². The molecule has 0 saturated heterocycles. The van der Waals surface area contributed by atoms with Crippen molar-refractivity contribution in [3.8, 4) is 0 Å². The number of nitrogens with zero attached hydrogens (tertiary/aromatic N) is 2. The van der Waals surface area contributed by atoms with E-state index in [1.807, 2.05) is 12.4 Å². The first kappa shape index (κ1) is 14.3. The number of rotatable bonds is 6. The van der Waals surface area contributed by atoms with Gasteiger partial charge in [-0.25, -0.2) is 4.98 Å². The highest BCUT2D eigenvalue weighted by atomic mass is 79.9. The van der Waals surface area contributed by atoms with Crippen LogP contribution in [0.4, 0.5) is 0 Å². The lowest BCUT2D eigenvalue weighted by molar-refractivity contribution is 0.423. The molecule has 2 aromatic rings. The van der Waals surface area contributed by atoms with E-state index in [0.29, 0.717) is 0 Å². The maximum Gasteiger partial charge on any atom is 0.108 e. The molecule has 1 aromatic carbocycles. The number of aromatic nitrogens is 2. The van der Waals surface area contributed by atoms with Gasteiger partial charge in [-0.2, -0.15) is 0 Å². The van der Waals surface area contributed by atoms with Gasteiger partial charge < -0.3 is 4.57 Å². The minimum absolute atomic E-state index is 0.202. The average molecular weight is 321 g/mol. The number of aryl methyl sites for hydroxylation is 2. The van der Waals surface area contributed by atoms with Crippen LogP contribution in [0.2, 0.25) is 0 Å². The molecule has 19 heavy (non-hydrogen) atoms. The first-order valence-corrected chi connectivity index (χ1v) is 7.91. The molecule has 1 unspecified atom stereocenters. The summed E-state index contributed by atoms with van der Waals surface area (Å²) in [6.07, 6.45) is 7.15. The topological polar surface area (TPSA) is 17.8 Å². The Kier molecular flexibility index (Phi) is 4.81. The quantitative estimate of drug-likeness (QED) is 0.733. The Labute approximate surface area is 124 Å². The summed E-state index contributed by atoms with van der Waals surface area (Å²) >= 11 is 3.73. The van der Waals surface area contributed by atoms with E-state index < -0.39 is 0 Å². The molecule has 0 bridgehead atoms. The normalized spacial score (nSPS) is 14.3. The summed E-state index contributed by atoms with van der Waals surface area (Å²) in [6, 6.07) is 10.8. The molecule has 102 valence electrons. The van der Waals surface area contributed by atoms with E-state index in [0.717, 1.165) is 30.4 Å². The standard InChI is InChI=1S/C16H21BrN2/c1-3-16(13-17,14-7-5-4-6-8-14)10-9-15-18-11-12-19(15)2/h4-8,11-12H,3,9-10,13H2,1-2H3. The molecule has 0 N–H and O–H groups in total. The van der Waals surface area contributed by atoms with Gasteiger partial charge >= 0.3 is 0 Å². The molecule has 3 heteroatoms. The highest BCUT2D eigenvalue weighted by Crippen LogP contribution is 2.34. The van der Waals surface area contributed by atoms with Gasteiger partial charge in [-0.1, -0.05) is 53.2 Å². The van der Waals surface area contributed by atoms with Crippen LogP contribution in [0.15, 0.2) is 42.7 Å². The predicted octanol–water partition coefficient (Wildman–Crippen LogP) is 4.10. The lowest BCUT2D eigenvalue weighted by atomic mass is 9.76. The summed E-state index contributed by atoms with van der Waals surface area (Å²) in [4.78, 5) is 4.43. The first-order chi connectivity index (χ1) is 9.22. The Morgan fingerprint density at radius 2 is 2.00 bits per heavy atom. The largest absolute Gasteiger partial charge is 0.338 e. The molecule has 1 aromatic heterocycles. The molecule has 2 nitrogen and oxygen atoms in total. The number of halogens is 1. The molecule has 2 rings (SSSR count). The van der Waals surface area contributed by atoms with Gasteiger partial charge in [0.25, 0.3) is 0 Å². The minimum Gasteiger partial charge on any atom is -0.338 e. The molecule has 1 atom stereocenters. The van der Waals surface area contributed by atoms with E-state index in [4.69, 9.17) is 0 Å². The van der Waals surface area contributed by atoms with E-state index in [-0.39, 0.29) is 5.41 Å². The molecule has 0 amide bonds. The second kappa shape index (κ2) is 6.38. The van der Waals surface area contributed by atoms with Crippen molar-refractivity contribution in [2.24, 2.45) is 7.05 Å². The average Bonchev–Trinajstić information content (AvgIpc) is 2.87. The third kappa shape index (κ3) is 3.08. The van der Waals surface area contributed by atoms with E-state index in [2.05, 4.69) is 69.8 Å². The summed E-state index contributed by atoms with van der Waals surface area (Å²) in [5.41, 5.74) is 1.62. The van der Waals surface area contributed by atoms with Crippen LogP contribution in [-0.4, -0.2) is 14.9 Å². The minimum atomic E-state index is 0.202. The highest BCUT2D eigenvalue weighted by molar-refractivity contribution is 9.09. The van der Waals surface area contributed by atoms with Crippen LogP contribution in [0.25, 0.3) is 0 Å². The predicted molar refractivity (Wildman–Crippen MR) is 83.7 cm³/mol. The van der Waals surface area contributed by atoms with Gasteiger partial charge in [0, 0.05) is 36.6 Å². The van der Waals surface area contributed by atoms with E-state index in [1.54, 1.807) is 0 Å². The van der Waals surface area contributed by atoms with Gasteiger partial charge in [0.2, 0.25) is 0 Å². The third-order valence-electron chi connectivity index (χ3n) is 4.07. The van der Waals surface area contributed by atoms with E-state index in [1.165, 1.54) is 5.56 Å². The lowest BCUT2D eigenvalue weighted by Gasteiger charge is -2.31. The number of benzene rings is 1. The van der Waals surface area contributed by atoms with Crippen molar-refractivity contribution < 1.29 is 0 Å². The smallest absolute Gasteiger partial charge is 0.108 e. The molecular weight excluding hydrogens is 300 g/mol. The van der Waals surface area contributed by atoms with Crippen LogP contribution in [-0.2, 0) is 18.9 Å². The Bertz CT molecular complexity index is 500. The van der Waals surface area contributed by atoms with Crippen LogP contribution >= 0.6 is 15.9 Å². The van der Waals surface area contributed by atoms with Crippen LogP contribution in [0.1, 0.15) is 31.2 Å². The first-order valence-electron chi connectivity index (χ1n) is 6.79. The van der Waals surface area contributed by atoms with Crippen LogP contribution < -0.4 is 0 Å². The molecule has 0 aliphatic carbocycles. The Balaban J connectivity index is 2.18. The second-order valence-electron chi connectivity index (χ2n) is 5.09. The van der Waals surface area contributed by atoms with Gasteiger partial charge in [-0.05, 0) is 18.4 Å². The van der Waals surface area contributed by atoms with Crippen molar-refractivity contribution in [1.29, 1.82) is 0 Å². The number of hydrogen-bond acceptors (Lipinski definition) is 1. The molecule has 0 radical (unpaired) electrons. The zero-order valence-electron chi connectivity index (χ0n) is 11.6. The van der Waals surface area contributed by atoms with Gasteiger partial charge in [0.15, 0.2) is 0 Å². The zero-order valence-corrected chi connectivity index (χ0v) is 13.2. The van der Waals surface area contributed by atoms with Gasteiger partial charge in [0.1, 0.15) is 5.82 Å². The van der Waals surface area contributed by atoms with Crippen LogP contribution in [0.3, 0.4) is 0 Å². The molecular formula is C16H21BrN2. The third-order valence-corrected chi connectivity index (χ3v) is 5.14. The van der Waals surface area contributed by atoms with Crippen molar-refractivity contribution in [3.63, 3.8) is 0 Å². The monoisotopic (exact) mass is 320 g/mol. The van der Waals surface area contributed by atoms with Crippen molar-refractivity contribution in [2.45, 2.75) is 31.6 Å². The number of hydrogen-bond donors (Lipinski definition) is 0.